The number of carbonyl (C=O) groups excluding carboxylic acids is 2. The fourth-order valence-electron chi connectivity index (χ4n) is 6.03. The number of unbranched alkanes of at least 4 members (excludes halogenated alkanes) is 3. The molecule has 9 heteroatoms. The lowest BCUT2D eigenvalue weighted by molar-refractivity contribution is 0.0745. The molecule has 2 N–H and O–H groups in total. The first kappa shape index (κ1) is 35.5. The first-order valence-corrected chi connectivity index (χ1v) is 17.1. The summed E-state index contributed by atoms with van der Waals surface area (Å²) in [5.74, 6) is 0.604. The average molecular weight is 644 g/mol. The molecule has 2 amide bonds. The summed E-state index contributed by atoms with van der Waals surface area (Å²) in [5.41, 5.74) is 5.12. The SMILES string of the molecule is CCN(CC)c1ccc2c(-c3ccccc3C(=O)N(C)CCOC(=O)NCCCCCCO)c3ccc(=[N+](CC)CC)cc-3oc2c1. The van der Waals surface area contributed by atoms with Crippen molar-refractivity contribution in [3.8, 4) is 22.5 Å². The minimum Gasteiger partial charge on any atom is -0.456 e. The predicted octanol–water partition coefficient (Wildman–Crippen LogP) is 6.21. The maximum atomic E-state index is 13.9. The summed E-state index contributed by atoms with van der Waals surface area (Å²) in [7, 11) is 1.73. The van der Waals surface area contributed by atoms with E-state index in [9.17, 15) is 9.59 Å². The van der Waals surface area contributed by atoms with Crippen LogP contribution in [0.4, 0.5) is 10.5 Å². The van der Waals surface area contributed by atoms with Gasteiger partial charge in [-0.3, -0.25) is 4.79 Å². The molecule has 2 aliphatic rings. The first-order chi connectivity index (χ1) is 22.9. The number of benzene rings is 3. The van der Waals surface area contributed by atoms with Gasteiger partial charge in [0.25, 0.3) is 5.91 Å². The fraction of sp³-hybridized carbons (Fsp3) is 0.447. The van der Waals surface area contributed by atoms with Crippen molar-refractivity contribution in [2.24, 2.45) is 0 Å². The minimum absolute atomic E-state index is 0.0824. The Morgan fingerprint density at radius 3 is 2.36 bits per heavy atom. The van der Waals surface area contributed by atoms with Gasteiger partial charge >= 0.3 is 6.09 Å². The van der Waals surface area contributed by atoms with Crippen molar-refractivity contribution in [1.29, 1.82) is 0 Å². The molecule has 1 aliphatic heterocycles. The van der Waals surface area contributed by atoms with Crippen LogP contribution < -0.4 is 20.1 Å². The van der Waals surface area contributed by atoms with Crippen molar-refractivity contribution >= 4 is 28.7 Å². The number of rotatable bonds is 16. The molecule has 47 heavy (non-hydrogen) atoms. The highest BCUT2D eigenvalue weighted by Crippen LogP contribution is 2.42. The zero-order chi connectivity index (χ0) is 33.8. The molecule has 252 valence electrons. The number of amides is 2. The fourth-order valence-corrected chi connectivity index (χ4v) is 6.03. The van der Waals surface area contributed by atoms with Crippen LogP contribution in [0.2, 0.25) is 0 Å². The normalized spacial score (nSPS) is 11.1. The van der Waals surface area contributed by atoms with Gasteiger partial charge in [0.2, 0.25) is 5.36 Å². The Bertz CT molecular complexity index is 1670. The zero-order valence-corrected chi connectivity index (χ0v) is 28.7. The Morgan fingerprint density at radius 1 is 0.894 bits per heavy atom. The van der Waals surface area contributed by atoms with E-state index in [0.717, 1.165) is 96.3 Å². The lowest BCUT2D eigenvalue weighted by Gasteiger charge is -2.23. The molecule has 1 aliphatic carbocycles. The molecule has 0 radical (unpaired) electrons. The van der Waals surface area contributed by atoms with E-state index in [1.807, 2.05) is 24.3 Å². The molecule has 4 rings (SSSR count). The van der Waals surface area contributed by atoms with Crippen LogP contribution >= 0.6 is 0 Å². The summed E-state index contributed by atoms with van der Waals surface area (Å²) < 4.78 is 14.3. The second-order valence-electron chi connectivity index (χ2n) is 11.7. The topological polar surface area (TPSA) is 98.3 Å². The van der Waals surface area contributed by atoms with Gasteiger partial charge in [0.1, 0.15) is 31.0 Å². The van der Waals surface area contributed by atoms with E-state index in [2.05, 4.69) is 78.9 Å². The van der Waals surface area contributed by atoms with Crippen LogP contribution in [0.25, 0.3) is 33.4 Å². The molecule has 0 aromatic heterocycles. The molecule has 0 saturated heterocycles. The van der Waals surface area contributed by atoms with Crippen molar-refractivity contribution in [3.05, 3.63) is 71.6 Å². The Morgan fingerprint density at radius 2 is 1.64 bits per heavy atom. The molecule has 0 fully saturated rings. The summed E-state index contributed by atoms with van der Waals surface area (Å²) in [6.07, 6.45) is 2.97. The standard InChI is InChI=1S/C38H50N4O5/c1-6-41(7-2)28-18-20-32-34(26-28)47-35-27-29(42(8-3)9-4)19-21-33(35)36(32)30-16-12-13-17-31(30)37(44)40(5)23-25-46-38(45)39-22-14-10-11-15-24-43/h12-13,16-21,26-27,43H,6-11,14-15,22-25H2,1-5H3/p+1. The van der Waals surface area contributed by atoms with Crippen molar-refractivity contribution < 1.29 is 23.8 Å². The van der Waals surface area contributed by atoms with Crippen LogP contribution in [0.3, 0.4) is 0 Å². The van der Waals surface area contributed by atoms with E-state index in [4.69, 9.17) is 14.3 Å². The second-order valence-corrected chi connectivity index (χ2v) is 11.7. The number of nitrogens with zero attached hydrogens (tertiary/aromatic N) is 3. The van der Waals surface area contributed by atoms with Crippen molar-refractivity contribution in [2.45, 2.75) is 53.4 Å². The predicted molar refractivity (Wildman–Crippen MR) is 190 cm³/mol. The van der Waals surface area contributed by atoms with E-state index in [1.165, 1.54) is 0 Å². The van der Waals surface area contributed by atoms with E-state index in [-0.39, 0.29) is 25.7 Å². The minimum atomic E-state index is -0.493. The van der Waals surface area contributed by atoms with Gasteiger partial charge in [0.15, 0.2) is 0 Å². The van der Waals surface area contributed by atoms with Crippen molar-refractivity contribution in [1.82, 2.24) is 14.8 Å². The Balaban J connectivity index is 1.67. The van der Waals surface area contributed by atoms with E-state index in [0.29, 0.717) is 12.1 Å². The van der Waals surface area contributed by atoms with E-state index < -0.39 is 6.09 Å². The average Bonchev–Trinajstić information content (AvgIpc) is 3.09. The van der Waals surface area contributed by atoms with Gasteiger partial charge in [-0.15, -0.1) is 0 Å². The van der Waals surface area contributed by atoms with Crippen LogP contribution in [-0.2, 0) is 4.74 Å². The summed E-state index contributed by atoms with van der Waals surface area (Å²) in [6.45, 7) is 13.2. The Kier molecular flexibility index (Phi) is 13.2. The largest absolute Gasteiger partial charge is 0.456 e. The molecule has 0 bridgehead atoms. The molecule has 0 spiro atoms. The number of likely N-dealkylation sites (N-methyl/N-ethyl adjacent to an activating group) is 1. The molecule has 1 heterocycles. The van der Waals surface area contributed by atoms with Crippen LogP contribution in [0, 0.1) is 0 Å². The number of anilines is 1. The maximum Gasteiger partial charge on any atom is 0.407 e. The molecule has 2 aromatic carbocycles. The highest BCUT2D eigenvalue weighted by Gasteiger charge is 2.24. The quantitative estimate of drug-likeness (QED) is 0.0856. The maximum absolute atomic E-state index is 13.9. The van der Waals surface area contributed by atoms with E-state index >= 15 is 0 Å². The summed E-state index contributed by atoms with van der Waals surface area (Å²) >= 11 is 0. The van der Waals surface area contributed by atoms with Gasteiger partial charge in [-0.25, -0.2) is 9.37 Å². The Labute approximate surface area is 278 Å². The van der Waals surface area contributed by atoms with Crippen molar-refractivity contribution in [2.75, 3.05) is 64.4 Å². The number of hydrogen-bond donors (Lipinski definition) is 2. The van der Waals surface area contributed by atoms with Gasteiger partial charge in [-0.05, 0) is 70.4 Å². The third-order valence-corrected chi connectivity index (χ3v) is 8.73. The molecule has 2 aromatic rings. The van der Waals surface area contributed by atoms with Gasteiger partial charge in [0, 0.05) is 73.2 Å². The summed E-state index contributed by atoms with van der Waals surface area (Å²) in [4.78, 5) is 30.0. The number of hydrogen-bond acceptors (Lipinski definition) is 6. The van der Waals surface area contributed by atoms with Gasteiger partial charge in [-0.2, -0.15) is 0 Å². The number of ether oxygens (including phenoxy) is 1. The monoisotopic (exact) mass is 643 g/mol. The lowest BCUT2D eigenvalue weighted by atomic mass is 9.90. The molecule has 0 unspecified atom stereocenters. The third kappa shape index (κ3) is 8.71. The highest BCUT2D eigenvalue weighted by atomic mass is 16.5. The zero-order valence-electron chi connectivity index (χ0n) is 28.7. The summed E-state index contributed by atoms with van der Waals surface area (Å²) in [6, 6.07) is 20.3. The van der Waals surface area contributed by atoms with E-state index in [1.54, 1.807) is 11.9 Å². The van der Waals surface area contributed by atoms with Crippen molar-refractivity contribution in [3.63, 3.8) is 0 Å². The molecule has 9 nitrogen and oxygen atoms in total. The molecular weight excluding hydrogens is 592 g/mol. The van der Waals surface area contributed by atoms with Gasteiger partial charge in [0.05, 0.1) is 12.6 Å². The number of alkyl carbamates (subject to hydrolysis) is 1. The summed E-state index contributed by atoms with van der Waals surface area (Å²) in [5, 5.41) is 13.7. The number of nitrogens with one attached hydrogen (secondary N) is 1. The van der Waals surface area contributed by atoms with Crippen LogP contribution in [0.1, 0.15) is 63.7 Å². The lowest BCUT2D eigenvalue weighted by Crippen LogP contribution is -2.33. The number of aliphatic hydroxyl groups is 1. The number of fused-ring (bicyclic) bond motifs is 2. The molecular formula is C38H51N4O5+. The van der Waals surface area contributed by atoms with Gasteiger partial charge in [-0.1, -0.05) is 31.0 Å². The Hall–Kier alpha value is -4.37. The van der Waals surface area contributed by atoms with Crippen LogP contribution in [-0.4, -0.2) is 81.5 Å². The molecule has 0 atom stereocenters. The second kappa shape index (κ2) is 17.5. The van der Waals surface area contributed by atoms with Crippen LogP contribution in [0.5, 0.6) is 0 Å². The molecule has 0 saturated carbocycles. The van der Waals surface area contributed by atoms with Crippen LogP contribution in [0.15, 0.2) is 65.1 Å². The smallest absolute Gasteiger partial charge is 0.407 e. The third-order valence-electron chi connectivity index (χ3n) is 8.73. The van der Waals surface area contributed by atoms with Gasteiger partial charge < -0.3 is 29.4 Å². The number of carbonyl (C=O) groups is 2. The first-order valence-electron chi connectivity index (χ1n) is 17.1. The number of aliphatic hydroxyl groups excluding tert-OH is 1. The highest BCUT2D eigenvalue weighted by molar-refractivity contribution is 6.09.